The van der Waals surface area contributed by atoms with E-state index in [9.17, 15) is 0 Å². The molecule has 1 aliphatic heterocycles. The number of oxazole rings is 1. The third kappa shape index (κ3) is 2.79. The molecule has 4 nitrogen and oxygen atoms in total. The minimum atomic E-state index is 0.291. The van der Waals surface area contributed by atoms with Crippen LogP contribution in [-0.4, -0.2) is 18.6 Å². The fraction of sp³-hybridized carbons (Fsp3) is 0.400. The maximum Gasteiger partial charge on any atom is 0.211 e. The summed E-state index contributed by atoms with van der Waals surface area (Å²) >= 11 is 0. The summed E-state index contributed by atoms with van der Waals surface area (Å²) in [6.45, 7) is 1.05. The van der Waals surface area contributed by atoms with Crippen molar-refractivity contribution >= 4 is 0 Å². The number of hydrogen-bond donors (Lipinski definition) is 1. The molecule has 2 aromatic rings. The summed E-state index contributed by atoms with van der Waals surface area (Å²) in [4.78, 5) is 4.38. The van der Waals surface area contributed by atoms with Crippen molar-refractivity contribution in [2.75, 3.05) is 13.7 Å². The number of hydrogen-bond acceptors (Lipinski definition) is 4. The normalized spacial score (nSPS) is 18.7. The monoisotopic (exact) mass is 258 g/mol. The molecule has 0 spiro atoms. The van der Waals surface area contributed by atoms with Gasteiger partial charge < -0.3 is 14.5 Å². The molecular formula is C15H18N2O2. The average Bonchev–Trinajstić information content (AvgIpc) is 3.09. The predicted molar refractivity (Wildman–Crippen MR) is 72.3 cm³/mol. The van der Waals surface area contributed by atoms with E-state index in [1.807, 2.05) is 24.4 Å². The molecule has 100 valence electrons. The molecule has 0 radical (unpaired) electrons. The van der Waals surface area contributed by atoms with E-state index >= 15 is 0 Å². The first-order valence-electron chi connectivity index (χ1n) is 6.66. The lowest BCUT2D eigenvalue weighted by Gasteiger charge is -2.04. The molecule has 1 aromatic heterocycles. The van der Waals surface area contributed by atoms with Gasteiger partial charge in [0.05, 0.1) is 19.3 Å². The van der Waals surface area contributed by atoms with Crippen LogP contribution in [0.15, 0.2) is 34.9 Å². The fourth-order valence-corrected chi connectivity index (χ4v) is 2.44. The van der Waals surface area contributed by atoms with E-state index in [4.69, 9.17) is 9.15 Å². The average molecular weight is 258 g/mol. The minimum absolute atomic E-state index is 0.291. The number of nitrogens with zero attached hydrogens (tertiary/aromatic N) is 1. The van der Waals surface area contributed by atoms with Crippen LogP contribution in [0.3, 0.4) is 0 Å². The minimum Gasteiger partial charge on any atom is -0.497 e. The van der Waals surface area contributed by atoms with Gasteiger partial charge in [-0.25, -0.2) is 4.98 Å². The van der Waals surface area contributed by atoms with Crippen molar-refractivity contribution < 1.29 is 9.15 Å². The molecule has 1 saturated heterocycles. The Bertz CT molecular complexity index is 545. The van der Waals surface area contributed by atoms with Crippen LogP contribution in [0.25, 0.3) is 0 Å². The van der Waals surface area contributed by atoms with Crippen LogP contribution in [0.1, 0.15) is 36.1 Å². The first-order chi connectivity index (χ1) is 9.35. The zero-order valence-electron chi connectivity index (χ0n) is 11.1. The molecule has 1 atom stereocenters. The number of nitrogens with one attached hydrogen (secondary N) is 1. The summed E-state index contributed by atoms with van der Waals surface area (Å²) in [5.74, 6) is 2.59. The van der Waals surface area contributed by atoms with Crippen LogP contribution < -0.4 is 10.1 Å². The van der Waals surface area contributed by atoms with E-state index in [1.54, 1.807) is 7.11 Å². The lowest BCUT2D eigenvalue weighted by molar-refractivity contribution is 0.407. The van der Waals surface area contributed by atoms with Crippen LogP contribution in [0.5, 0.6) is 5.75 Å². The Morgan fingerprint density at radius 1 is 1.47 bits per heavy atom. The first kappa shape index (κ1) is 12.2. The molecule has 0 aliphatic carbocycles. The van der Waals surface area contributed by atoms with Gasteiger partial charge in [-0.15, -0.1) is 0 Å². The predicted octanol–water partition coefficient (Wildman–Crippen LogP) is 2.70. The van der Waals surface area contributed by atoms with Crippen molar-refractivity contribution in [3.8, 4) is 5.75 Å². The summed E-state index contributed by atoms with van der Waals surface area (Å²) < 4.78 is 11.1. The lowest BCUT2D eigenvalue weighted by atomic mass is 10.1. The van der Waals surface area contributed by atoms with Crippen molar-refractivity contribution in [1.82, 2.24) is 10.3 Å². The van der Waals surface area contributed by atoms with Gasteiger partial charge in [0.25, 0.3) is 0 Å². The van der Waals surface area contributed by atoms with Gasteiger partial charge in [-0.3, -0.25) is 0 Å². The van der Waals surface area contributed by atoms with E-state index in [0.29, 0.717) is 6.04 Å². The largest absolute Gasteiger partial charge is 0.497 e. The van der Waals surface area contributed by atoms with Crippen molar-refractivity contribution in [1.29, 1.82) is 0 Å². The van der Waals surface area contributed by atoms with Crippen LogP contribution >= 0.6 is 0 Å². The Labute approximate surface area is 112 Å². The first-order valence-corrected chi connectivity index (χ1v) is 6.66. The van der Waals surface area contributed by atoms with E-state index in [1.165, 1.54) is 12.0 Å². The second-order valence-electron chi connectivity index (χ2n) is 4.84. The molecule has 0 unspecified atom stereocenters. The van der Waals surface area contributed by atoms with Gasteiger partial charge in [0.15, 0.2) is 0 Å². The summed E-state index contributed by atoms with van der Waals surface area (Å²) in [7, 11) is 1.68. The number of ether oxygens (including phenoxy) is 1. The van der Waals surface area contributed by atoms with E-state index in [0.717, 1.165) is 36.8 Å². The molecule has 19 heavy (non-hydrogen) atoms. The van der Waals surface area contributed by atoms with Crippen molar-refractivity contribution in [2.24, 2.45) is 0 Å². The quantitative estimate of drug-likeness (QED) is 0.916. The molecule has 1 fully saturated rings. The van der Waals surface area contributed by atoms with Crippen LogP contribution in [0.4, 0.5) is 0 Å². The molecule has 0 saturated carbocycles. The van der Waals surface area contributed by atoms with Crippen molar-refractivity contribution in [3.05, 3.63) is 47.7 Å². The summed E-state index contributed by atoms with van der Waals surface area (Å²) in [6, 6.07) is 8.31. The van der Waals surface area contributed by atoms with Gasteiger partial charge in [0.2, 0.25) is 5.89 Å². The number of benzene rings is 1. The highest BCUT2D eigenvalue weighted by atomic mass is 16.5. The Morgan fingerprint density at radius 2 is 2.42 bits per heavy atom. The van der Waals surface area contributed by atoms with E-state index in [-0.39, 0.29) is 0 Å². The Balaban J connectivity index is 1.72. The molecule has 0 amide bonds. The molecule has 3 rings (SSSR count). The maximum atomic E-state index is 5.83. The second-order valence-corrected chi connectivity index (χ2v) is 4.84. The summed E-state index contributed by atoms with van der Waals surface area (Å²) in [5, 5.41) is 3.39. The van der Waals surface area contributed by atoms with Gasteiger partial charge >= 0.3 is 0 Å². The zero-order chi connectivity index (χ0) is 13.1. The molecule has 1 aromatic carbocycles. The number of methoxy groups -OCH3 is 1. The Hall–Kier alpha value is -1.81. The van der Waals surface area contributed by atoms with Crippen LogP contribution in [-0.2, 0) is 6.42 Å². The SMILES string of the molecule is COc1cccc(Cc2cnc([C@@H]3CCCN3)o2)c1. The molecule has 2 heterocycles. The molecule has 0 bridgehead atoms. The van der Waals surface area contributed by atoms with Crippen molar-refractivity contribution in [2.45, 2.75) is 25.3 Å². The van der Waals surface area contributed by atoms with E-state index in [2.05, 4.69) is 16.4 Å². The number of rotatable bonds is 4. The summed E-state index contributed by atoms with van der Waals surface area (Å²) in [5.41, 5.74) is 1.17. The van der Waals surface area contributed by atoms with Crippen LogP contribution in [0.2, 0.25) is 0 Å². The van der Waals surface area contributed by atoms with Gasteiger partial charge in [-0.2, -0.15) is 0 Å². The van der Waals surface area contributed by atoms with Gasteiger partial charge in [-0.1, -0.05) is 12.1 Å². The second kappa shape index (κ2) is 5.45. The van der Waals surface area contributed by atoms with Gasteiger partial charge in [0.1, 0.15) is 11.5 Å². The Kier molecular flexibility index (Phi) is 3.51. The molecular weight excluding hydrogens is 240 g/mol. The van der Waals surface area contributed by atoms with Crippen molar-refractivity contribution in [3.63, 3.8) is 0 Å². The van der Waals surface area contributed by atoms with E-state index < -0.39 is 0 Å². The summed E-state index contributed by atoms with van der Waals surface area (Å²) in [6.07, 6.45) is 4.88. The highest BCUT2D eigenvalue weighted by Gasteiger charge is 2.20. The van der Waals surface area contributed by atoms with Crippen LogP contribution in [0, 0.1) is 0 Å². The molecule has 4 heteroatoms. The number of aromatic nitrogens is 1. The third-order valence-corrected chi connectivity index (χ3v) is 3.44. The van der Waals surface area contributed by atoms with Gasteiger partial charge in [-0.05, 0) is 37.1 Å². The molecule has 1 aliphatic rings. The maximum absolute atomic E-state index is 5.83. The zero-order valence-corrected chi connectivity index (χ0v) is 11.1. The standard InChI is InChI=1S/C15H18N2O2/c1-18-12-5-2-4-11(8-12)9-13-10-17-15(19-13)14-6-3-7-16-14/h2,4-5,8,10,14,16H,3,6-7,9H2,1H3/t14-/m0/s1. The highest BCUT2D eigenvalue weighted by molar-refractivity contribution is 5.30. The third-order valence-electron chi connectivity index (χ3n) is 3.44. The smallest absolute Gasteiger partial charge is 0.211 e. The lowest BCUT2D eigenvalue weighted by Crippen LogP contribution is -2.12. The van der Waals surface area contributed by atoms with Gasteiger partial charge in [0, 0.05) is 6.42 Å². The topological polar surface area (TPSA) is 47.3 Å². The Morgan fingerprint density at radius 3 is 3.21 bits per heavy atom. The fourth-order valence-electron chi connectivity index (χ4n) is 2.44. The highest BCUT2D eigenvalue weighted by Crippen LogP contribution is 2.24. The molecule has 1 N–H and O–H groups in total.